The highest BCUT2D eigenvalue weighted by Gasteiger charge is 2.31. The summed E-state index contributed by atoms with van der Waals surface area (Å²) < 4.78 is 43.2. The number of piperidine rings is 1. The monoisotopic (exact) mass is 415 g/mol. The van der Waals surface area contributed by atoms with Crippen molar-refractivity contribution in [3.05, 3.63) is 30.1 Å². The van der Waals surface area contributed by atoms with Gasteiger partial charge >= 0.3 is 5.97 Å². The van der Waals surface area contributed by atoms with Crippen molar-refractivity contribution in [2.24, 2.45) is 5.73 Å². The van der Waals surface area contributed by atoms with Gasteiger partial charge in [-0.2, -0.15) is 4.31 Å². The molecule has 1 heterocycles. The Bertz CT molecular complexity index is 843. The van der Waals surface area contributed by atoms with E-state index in [1.165, 1.54) is 4.90 Å². The number of ether oxygens (including phenoxy) is 1. The summed E-state index contributed by atoms with van der Waals surface area (Å²) in [7, 11) is -2.86. The minimum atomic E-state index is -4.02. The smallest absolute Gasteiger partial charge is 0.321 e. The van der Waals surface area contributed by atoms with Crippen LogP contribution in [0.1, 0.15) is 19.3 Å². The van der Waals surface area contributed by atoms with Crippen molar-refractivity contribution in [2.75, 3.05) is 26.7 Å². The number of nitrogens with two attached hydrogens (primary N) is 1. The van der Waals surface area contributed by atoms with Gasteiger partial charge in [-0.3, -0.25) is 14.4 Å². The predicted molar refractivity (Wildman–Crippen MR) is 95.7 cm³/mol. The molecule has 154 valence electrons. The standard InChI is InChI=1S/C17H22FN3O6S/c1-20(28(25,26)13-7-5-12(18)6-8-13)10-16(23)27-11-15(22)21-9-3-2-4-14(21)17(19)24/h5-8,14H,2-4,9-11H2,1H3,(H2,19,24)/t14-/m0/s1. The maximum Gasteiger partial charge on any atom is 0.321 e. The van der Waals surface area contributed by atoms with E-state index in [9.17, 15) is 27.2 Å². The van der Waals surface area contributed by atoms with Gasteiger partial charge in [0.2, 0.25) is 15.9 Å². The van der Waals surface area contributed by atoms with Crippen LogP contribution in [0, 0.1) is 5.82 Å². The highest BCUT2D eigenvalue weighted by molar-refractivity contribution is 7.89. The third kappa shape index (κ3) is 5.26. The lowest BCUT2D eigenvalue weighted by molar-refractivity contribution is -0.154. The van der Waals surface area contributed by atoms with E-state index in [1.807, 2.05) is 0 Å². The van der Waals surface area contributed by atoms with Crippen LogP contribution < -0.4 is 5.73 Å². The Hall–Kier alpha value is -2.53. The van der Waals surface area contributed by atoms with Crippen molar-refractivity contribution in [3.63, 3.8) is 0 Å². The molecule has 0 saturated carbocycles. The zero-order valence-electron chi connectivity index (χ0n) is 15.3. The van der Waals surface area contributed by atoms with E-state index >= 15 is 0 Å². The number of rotatable bonds is 7. The van der Waals surface area contributed by atoms with Gasteiger partial charge in [0.1, 0.15) is 18.4 Å². The summed E-state index contributed by atoms with van der Waals surface area (Å²) in [5.41, 5.74) is 5.29. The normalized spacial score (nSPS) is 17.4. The average Bonchev–Trinajstić information content (AvgIpc) is 2.66. The van der Waals surface area contributed by atoms with Gasteiger partial charge in [0.25, 0.3) is 5.91 Å². The summed E-state index contributed by atoms with van der Waals surface area (Å²) in [6, 6.07) is 3.41. The van der Waals surface area contributed by atoms with Gasteiger partial charge in [-0.1, -0.05) is 0 Å². The second-order valence-electron chi connectivity index (χ2n) is 6.38. The van der Waals surface area contributed by atoms with E-state index in [0.717, 1.165) is 42.0 Å². The Labute approximate surface area is 162 Å². The molecule has 1 atom stereocenters. The quantitative estimate of drug-likeness (QED) is 0.618. The molecule has 11 heteroatoms. The number of carbonyl (C=O) groups excluding carboxylic acids is 3. The molecular weight excluding hydrogens is 393 g/mol. The summed E-state index contributed by atoms with van der Waals surface area (Å²) in [6.07, 6.45) is 1.93. The first-order valence-corrected chi connectivity index (χ1v) is 10.0. The molecule has 1 saturated heterocycles. The maximum absolute atomic E-state index is 12.9. The fourth-order valence-electron chi connectivity index (χ4n) is 2.85. The molecule has 1 aliphatic heterocycles. The third-order valence-electron chi connectivity index (χ3n) is 4.38. The largest absolute Gasteiger partial charge is 0.455 e. The fourth-order valence-corrected chi connectivity index (χ4v) is 3.97. The van der Waals surface area contributed by atoms with Crippen molar-refractivity contribution >= 4 is 27.8 Å². The second kappa shape index (κ2) is 9.11. The van der Waals surface area contributed by atoms with Gasteiger partial charge in [-0.25, -0.2) is 12.8 Å². The van der Waals surface area contributed by atoms with E-state index < -0.39 is 52.8 Å². The summed E-state index contributed by atoms with van der Waals surface area (Å²) in [4.78, 5) is 36.7. The molecule has 0 radical (unpaired) electrons. The number of esters is 1. The Morgan fingerprint density at radius 1 is 1.25 bits per heavy atom. The Morgan fingerprint density at radius 3 is 2.50 bits per heavy atom. The van der Waals surface area contributed by atoms with Crippen LogP contribution in [0.4, 0.5) is 4.39 Å². The molecule has 0 aromatic heterocycles. The van der Waals surface area contributed by atoms with Crippen LogP contribution in [0.2, 0.25) is 0 Å². The molecule has 0 aliphatic carbocycles. The maximum atomic E-state index is 12.9. The summed E-state index contributed by atoms with van der Waals surface area (Å²) in [5.74, 6) is -2.72. The van der Waals surface area contributed by atoms with Crippen molar-refractivity contribution in [2.45, 2.75) is 30.2 Å². The van der Waals surface area contributed by atoms with Crippen LogP contribution in [-0.2, 0) is 29.1 Å². The number of amides is 2. The fraction of sp³-hybridized carbons (Fsp3) is 0.471. The molecule has 2 amide bonds. The minimum Gasteiger partial charge on any atom is -0.455 e. The zero-order chi connectivity index (χ0) is 20.9. The van der Waals surface area contributed by atoms with Gasteiger partial charge < -0.3 is 15.4 Å². The van der Waals surface area contributed by atoms with Crippen molar-refractivity contribution in [1.82, 2.24) is 9.21 Å². The Balaban J connectivity index is 1.91. The lowest BCUT2D eigenvalue weighted by Crippen LogP contribution is -2.51. The molecular formula is C17H22FN3O6S. The lowest BCUT2D eigenvalue weighted by Gasteiger charge is -2.33. The molecule has 0 bridgehead atoms. The third-order valence-corrected chi connectivity index (χ3v) is 6.20. The first-order chi connectivity index (χ1) is 13.1. The summed E-state index contributed by atoms with van der Waals surface area (Å²) in [5, 5.41) is 0. The molecule has 2 N–H and O–H groups in total. The number of hydrogen-bond acceptors (Lipinski definition) is 6. The van der Waals surface area contributed by atoms with E-state index in [1.54, 1.807) is 0 Å². The first kappa shape index (κ1) is 21.8. The number of carbonyl (C=O) groups is 3. The minimum absolute atomic E-state index is 0.183. The first-order valence-electron chi connectivity index (χ1n) is 8.59. The van der Waals surface area contributed by atoms with E-state index in [0.29, 0.717) is 19.4 Å². The Morgan fingerprint density at radius 2 is 1.89 bits per heavy atom. The van der Waals surface area contributed by atoms with Gasteiger partial charge in [0.15, 0.2) is 6.61 Å². The van der Waals surface area contributed by atoms with Crippen LogP contribution in [0.5, 0.6) is 0 Å². The van der Waals surface area contributed by atoms with Gasteiger partial charge in [-0.15, -0.1) is 0 Å². The number of nitrogens with zero attached hydrogens (tertiary/aromatic N) is 2. The number of likely N-dealkylation sites (N-methyl/N-ethyl adjacent to an activating group) is 1. The topological polar surface area (TPSA) is 127 Å². The molecule has 1 aliphatic rings. The number of benzene rings is 1. The van der Waals surface area contributed by atoms with Crippen molar-refractivity contribution in [3.8, 4) is 0 Å². The molecule has 0 unspecified atom stereocenters. The summed E-state index contributed by atoms with van der Waals surface area (Å²) in [6.45, 7) is -0.915. The number of primary amides is 1. The second-order valence-corrected chi connectivity index (χ2v) is 8.42. The van der Waals surface area contributed by atoms with Crippen molar-refractivity contribution < 1.29 is 31.9 Å². The Kier molecular flexibility index (Phi) is 7.08. The van der Waals surface area contributed by atoms with Gasteiger partial charge in [-0.05, 0) is 43.5 Å². The molecule has 28 heavy (non-hydrogen) atoms. The highest BCUT2D eigenvalue weighted by atomic mass is 32.2. The predicted octanol–water partition coefficient (Wildman–Crippen LogP) is -0.144. The average molecular weight is 415 g/mol. The van der Waals surface area contributed by atoms with Gasteiger partial charge in [0.05, 0.1) is 4.90 Å². The molecule has 1 aromatic rings. The molecule has 1 fully saturated rings. The van der Waals surface area contributed by atoms with Crippen molar-refractivity contribution in [1.29, 1.82) is 0 Å². The molecule has 2 rings (SSSR count). The van der Waals surface area contributed by atoms with Gasteiger partial charge in [0, 0.05) is 13.6 Å². The summed E-state index contributed by atoms with van der Waals surface area (Å²) >= 11 is 0. The van der Waals surface area contributed by atoms with Crippen LogP contribution in [0.15, 0.2) is 29.2 Å². The van der Waals surface area contributed by atoms with Crippen LogP contribution in [0.25, 0.3) is 0 Å². The number of sulfonamides is 1. The number of likely N-dealkylation sites (tertiary alicyclic amines) is 1. The zero-order valence-corrected chi connectivity index (χ0v) is 16.2. The van der Waals surface area contributed by atoms with E-state index in [4.69, 9.17) is 10.5 Å². The van der Waals surface area contributed by atoms with Crippen LogP contribution >= 0.6 is 0 Å². The number of hydrogen-bond donors (Lipinski definition) is 1. The molecule has 0 spiro atoms. The van der Waals surface area contributed by atoms with Crippen LogP contribution in [0.3, 0.4) is 0 Å². The van der Waals surface area contributed by atoms with E-state index in [-0.39, 0.29) is 4.90 Å². The molecule has 1 aromatic carbocycles. The lowest BCUT2D eigenvalue weighted by atomic mass is 10.0. The van der Waals surface area contributed by atoms with Crippen LogP contribution in [-0.4, -0.2) is 68.2 Å². The van der Waals surface area contributed by atoms with E-state index in [2.05, 4.69) is 0 Å². The highest BCUT2D eigenvalue weighted by Crippen LogP contribution is 2.17. The SMILES string of the molecule is CN(CC(=O)OCC(=O)N1CCCC[C@H]1C(N)=O)S(=O)(=O)c1ccc(F)cc1. The number of halogens is 1. The molecule has 9 nitrogen and oxygen atoms in total.